The lowest BCUT2D eigenvalue weighted by molar-refractivity contribution is -0.384. The van der Waals surface area contributed by atoms with Gasteiger partial charge >= 0.3 is 0 Å². The number of nitrogens with one attached hydrogen (secondary N) is 1. The monoisotopic (exact) mass is 511 g/mol. The van der Waals surface area contributed by atoms with Gasteiger partial charge in [0, 0.05) is 29.2 Å². The zero-order valence-electron chi connectivity index (χ0n) is 19.9. The molecule has 7 nitrogen and oxygen atoms in total. The number of hydrogen-bond acceptors (Lipinski definition) is 6. The van der Waals surface area contributed by atoms with Crippen LogP contribution >= 0.6 is 11.8 Å². The molecule has 0 atom stereocenters. The van der Waals surface area contributed by atoms with Crippen molar-refractivity contribution in [2.24, 2.45) is 5.10 Å². The van der Waals surface area contributed by atoms with E-state index in [4.69, 9.17) is 4.74 Å². The molecule has 0 fully saturated rings. The highest BCUT2D eigenvalue weighted by molar-refractivity contribution is 7.97. The number of hydrogen-bond donors (Lipinski definition) is 1. The predicted molar refractivity (Wildman–Crippen MR) is 147 cm³/mol. The normalized spacial score (nSPS) is 10.8. The third-order valence-corrected chi connectivity index (χ3v) is 6.48. The van der Waals surface area contributed by atoms with Gasteiger partial charge < -0.3 is 4.74 Å². The predicted octanol–water partition coefficient (Wildman–Crippen LogP) is 6.37. The minimum atomic E-state index is -0.433. The van der Waals surface area contributed by atoms with Crippen LogP contribution in [0, 0.1) is 10.1 Å². The molecule has 4 rings (SSSR count). The van der Waals surface area contributed by atoms with Gasteiger partial charge in [-0.05, 0) is 70.8 Å². The molecule has 0 aliphatic carbocycles. The van der Waals surface area contributed by atoms with Crippen molar-refractivity contribution in [1.29, 1.82) is 0 Å². The summed E-state index contributed by atoms with van der Waals surface area (Å²) in [5.41, 5.74) is 7.24. The Labute approximate surface area is 219 Å². The molecule has 4 aromatic carbocycles. The van der Waals surface area contributed by atoms with Crippen molar-refractivity contribution in [3.63, 3.8) is 0 Å². The maximum Gasteiger partial charge on any atom is 0.271 e. The lowest BCUT2D eigenvalue weighted by atomic mass is 10.1. The van der Waals surface area contributed by atoms with E-state index in [0.29, 0.717) is 17.9 Å². The second-order valence-corrected chi connectivity index (χ2v) is 9.14. The van der Waals surface area contributed by atoms with Gasteiger partial charge in [0.2, 0.25) is 0 Å². The minimum Gasteiger partial charge on any atom is -0.489 e. The molecular weight excluding hydrogens is 486 g/mol. The van der Waals surface area contributed by atoms with E-state index in [0.717, 1.165) is 28.2 Å². The summed E-state index contributed by atoms with van der Waals surface area (Å²) < 4.78 is 5.72. The molecule has 0 bridgehead atoms. The van der Waals surface area contributed by atoms with Gasteiger partial charge in [-0.25, -0.2) is 5.43 Å². The third-order valence-electron chi connectivity index (χ3n) is 5.41. The molecule has 0 saturated heterocycles. The Bertz CT molecular complexity index is 1340. The Morgan fingerprint density at radius 1 is 0.838 bits per heavy atom. The summed E-state index contributed by atoms with van der Waals surface area (Å²) in [7, 11) is 0. The molecule has 0 aliphatic heterocycles. The average molecular weight is 512 g/mol. The number of carbonyl (C=O) groups is 1. The molecular formula is C29H25N3O4S. The number of non-ortho nitro benzene ring substituents is 1. The fourth-order valence-corrected chi connectivity index (χ4v) is 4.33. The number of amides is 1. The first-order chi connectivity index (χ1) is 18.1. The maximum atomic E-state index is 12.4. The van der Waals surface area contributed by atoms with Crippen molar-refractivity contribution in [1.82, 2.24) is 5.43 Å². The topological polar surface area (TPSA) is 93.8 Å². The smallest absolute Gasteiger partial charge is 0.271 e. The Morgan fingerprint density at radius 3 is 2.11 bits per heavy atom. The lowest BCUT2D eigenvalue weighted by Gasteiger charge is -2.06. The van der Waals surface area contributed by atoms with Crippen molar-refractivity contribution in [2.75, 3.05) is 0 Å². The van der Waals surface area contributed by atoms with E-state index in [2.05, 4.69) is 22.7 Å². The second kappa shape index (κ2) is 13.0. The van der Waals surface area contributed by atoms with Crippen LogP contribution in [-0.4, -0.2) is 17.0 Å². The zero-order valence-corrected chi connectivity index (χ0v) is 20.8. The van der Waals surface area contributed by atoms with Gasteiger partial charge in [0.15, 0.2) is 0 Å². The number of nitro groups is 1. The van der Waals surface area contributed by atoms with Crippen LogP contribution in [-0.2, 0) is 18.1 Å². The first-order valence-corrected chi connectivity index (χ1v) is 12.7. The molecule has 37 heavy (non-hydrogen) atoms. The van der Waals surface area contributed by atoms with Gasteiger partial charge in [0.05, 0.1) is 11.1 Å². The molecule has 0 saturated carbocycles. The molecule has 8 heteroatoms. The van der Waals surface area contributed by atoms with Crippen LogP contribution in [0.15, 0.2) is 108 Å². The summed E-state index contributed by atoms with van der Waals surface area (Å²) in [6, 6.07) is 31.4. The Hall–Kier alpha value is -4.43. The molecule has 4 aromatic rings. The Kier molecular flexibility index (Phi) is 9.04. The van der Waals surface area contributed by atoms with E-state index in [1.807, 2.05) is 54.2 Å². The largest absolute Gasteiger partial charge is 0.489 e. The molecule has 0 unspecified atom stereocenters. The van der Waals surface area contributed by atoms with E-state index in [1.165, 1.54) is 17.7 Å². The Morgan fingerprint density at radius 2 is 1.46 bits per heavy atom. The highest BCUT2D eigenvalue weighted by Gasteiger charge is 2.06. The summed E-state index contributed by atoms with van der Waals surface area (Å²) in [4.78, 5) is 22.7. The fourth-order valence-electron chi connectivity index (χ4n) is 3.37. The summed E-state index contributed by atoms with van der Waals surface area (Å²) in [6.07, 6.45) is 1.56. The number of hydrazone groups is 1. The van der Waals surface area contributed by atoms with E-state index < -0.39 is 4.92 Å². The van der Waals surface area contributed by atoms with Crippen LogP contribution in [0.3, 0.4) is 0 Å². The molecule has 1 N–H and O–H groups in total. The van der Waals surface area contributed by atoms with E-state index in [1.54, 1.807) is 42.6 Å². The molecule has 0 aliphatic rings. The molecule has 1 amide bonds. The number of thioether (sulfide) groups is 1. The third kappa shape index (κ3) is 8.05. The standard InChI is InChI=1S/C29H25N3O4S/c33-29(26-12-6-25(7-13-26)21-37-20-24-4-2-1-3-5-24)31-30-18-22-10-16-28(17-11-22)36-19-23-8-14-27(15-9-23)32(34)35/h1-18H,19-21H2,(H,31,33)/b30-18+. The van der Waals surface area contributed by atoms with Crippen molar-refractivity contribution in [2.45, 2.75) is 18.1 Å². The van der Waals surface area contributed by atoms with Crippen LogP contribution in [0.1, 0.15) is 32.6 Å². The number of nitrogens with zero attached hydrogens (tertiary/aromatic N) is 2. The van der Waals surface area contributed by atoms with Gasteiger partial charge in [0.1, 0.15) is 12.4 Å². The highest BCUT2D eigenvalue weighted by Crippen LogP contribution is 2.19. The van der Waals surface area contributed by atoms with Crippen molar-refractivity contribution in [3.8, 4) is 5.75 Å². The number of benzene rings is 4. The highest BCUT2D eigenvalue weighted by atomic mass is 32.2. The summed E-state index contributed by atoms with van der Waals surface area (Å²) in [5, 5.41) is 14.8. The summed E-state index contributed by atoms with van der Waals surface area (Å²) in [5.74, 6) is 2.21. The lowest BCUT2D eigenvalue weighted by Crippen LogP contribution is -2.17. The van der Waals surface area contributed by atoms with Crippen molar-refractivity contribution in [3.05, 3.63) is 141 Å². The first-order valence-electron chi connectivity index (χ1n) is 11.6. The van der Waals surface area contributed by atoms with Crippen LogP contribution in [0.25, 0.3) is 0 Å². The van der Waals surface area contributed by atoms with Crippen molar-refractivity contribution >= 4 is 29.6 Å². The van der Waals surface area contributed by atoms with Crippen molar-refractivity contribution < 1.29 is 14.5 Å². The molecule has 0 spiro atoms. The quantitative estimate of drug-likeness (QED) is 0.143. The number of carbonyl (C=O) groups excluding carboxylic acids is 1. The molecule has 186 valence electrons. The first kappa shape index (κ1) is 25.7. The molecule has 0 aromatic heterocycles. The van der Waals surface area contributed by atoms with Crippen LogP contribution < -0.4 is 10.2 Å². The average Bonchev–Trinajstić information content (AvgIpc) is 2.94. The minimum absolute atomic E-state index is 0.0464. The summed E-state index contributed by atoms with van der Waals surface area (Å²) >= 11 is 1.83. The van der Waals surface area contributed by atoms with Gasteiger partial charge in [-0.3, -0.25) is 14.9 Å². The summed E-state index contributed by atoms with van der Waals surface area (Å²) in [6.45, 7) is 0.298. The fraction of sp³-hybridized carbons (Fsp3) is 0.103. The van der Waals surface area contributed by atoms with Gasteiger partial charge in [-0.1, -0.05) is 42.5 Å². The van der Waals surface area contributed by atoms with E-state index in [9.17, 15) is 14.9 Å². The molecule has 0 radical (unpaired) electrons. The van der Waals surface area contributed by atoms with E-state index >= 15 is 0 Å². The molecule has 0 heterocycles. The van der Waals surface area contributed by atoms with Crippen LogP contribution in [0.5, 0.6) is 5.75 Å². The van der Waals surface area contributed by atoms with Gasteiger partial charge in [-0.2, -0.15) is 16.9 Å². The van der Waals surface area contributed by atoms with Gasteiger partial charge in [0.25, 0.3) is 11.6 Å². The second-order valence-electron chi connectivity index (χ2n) is 8.16. The number of nitro benzene ring substituents is 1. The SMILES string of the molecule is O=C(N/N=C/c1ccc(OCc2ccc([N+](=O)[O-])cc2)cc1)c1ccc(CSCc2ccccc2)cc1. The van der Waals surface area contributed by atoms with E-state index in [-0.39, 0.29) is 11.6 Å². The maximum absolute atomic E-state index is 12.4. The Balaban J connectivity index is 1.20. The number of rotatable bonds is 11. The number of ether oxygens (including phenoxy) is 1. The van der Waals surface area contributed by atoms with Crippen LogP contribution in [0.4, 0.5) is 5.69 Å². The van der Waals surface area contributed by atoms with Gasteiger partial charge in [-0.15, -0.1) is 0 Å². The van der Waals surface area contributed by atoms with Crippen LogP contribution in [0.2, 0.25) is 0 Å². The zero-order chi connectivity index (χ0) is 25.9.